The van der Waals surface area contributed by atoms with Crippen molar-refractivity contribution in [2.45, 2.75) is 264 Å². The zero-order valence-corrected chi connectivity index (χ0v) is 39.6. The van der Waals surface area contributed by atoms with Gasteiger partial charge < -0.3 is 20.3 Å². The number of amides is 1. The number of nitrogens with one attached hydrogen (secondary N) is 1. The van der Waals surface area contributed by atoms with Gasteiger partial charge in [0.15, 0.2) is 0 Å². The molecule has 6 heteroatoms. The van der Waals surface area contributed by atoms with Crippen LogP contribution in [0.3, 0.4) is 0 Å². The van der Waals surface area contributed by atoms with Crippen LogP contribution in [0, 0.1) is 0 Å². The van der Waals surface area contributed by atoms with Crippen molar-refractivity contribution in [3.8, 4) is 0 Å². The largest absolute Gasteiger partial charge is 0.462 e. The number of rotatable bonds is 45. The van der Waals surface area contributed by atoms with Gasteiger partial charge in [-0.3, -0.25) is 9.59 Å². The maximum absolute atomic E-state index is 13.2. The molecule has 348 valence electrons. The number of esters is 1. The summed E-state index contributed by atoms with van der Waals surface area (Å²) in [6.45, 7) is 6.33. The van der Waals surface area contributed by atoms with E-state index in [-0.39, 0.29) is 24.9 Å². The van der Waals surface area contributed by atoms with Crippen LogP contribution in [0.15, 0.2) is 60.8 Å². The minimum Gasteiger partial charge on any atom is -0.462 e. The van der Waals surface area contributed by atoms with E-state index in [0.717, 1.165) is 83.5 Å². The number of allylic oxidation sites excluding steroid dienone is 10. The molecule has 0 aromatic carbocycles. The Morgan fingerprint density at radius 1 is 0.500 bits per heavy atom. The summed E-state index contributed by atoms with van der Waals surface area (Å²) in [6, 6.07) is -0.720. The van der Waals surface area contributed by atoms with Crippen molar-refractivity contribution in [3.63, 3.8) is 0 Å². The Labute approximate surface area is 371 Å². The SMILES string of the molecule is CC/C=C/C/C=C/C/C=C/C/C=C/CCCC(CC(=O)NC(CO)C(O)CCCCCCCCCCC)OC(=O)CCCCCCC/C=C/CCCCCCCCCCC. The van der Waals surface area contributed by atoms with Gasteiger partial charge in [0.1, 0.15) is 6.10 Å². The third-order valence-corrected chi connectivity index (χ3v) is 11.3. The molecule has 0 bridgehead atoms. The highest BCUT2D eigenvalue weighted by atomic mass is 16.5. The van der Waals surface area contributed by atoms with Gasteiger partial charge in [-0.05, 0) is 83.5 Å². The van der Waals surface area contributed by atoms with Crippen molar-refractivity contribution in [1.29, 1.82) is 0 Å². The Bertz CT molecular complexity index is 1080. The molecule has 3 unspecified atom stereocenters. The Kier molecular flexibility index (Phi) is 45.7. The quantitative estimate of drug-likeness (QED) is 0.0322. The molecule has 0 saturated heterocycles. The van der Waals surface area contributed by atoms with E-state index in [1.165, 1.54) is 116 Å². The summed E-state index contributed by atoms with van der Waals surface area (Å²) in [5.41, 5.74) is 0. The van der Waals surface area contributed by atoms with Crippen molar-refractivity contribution >= 4 is 11.9 Å². The highest BCUT2D eigenvalue weighted by Crippen LogP contribution is 2.17. The molecular weight excluding hydrogens is 743 g/mol. The lowest BCUT2D eigenvalue weighted by atomic mass is 10.0. The lowest BCUT2D eigenvalue weighted by molar-refractivity contribution is -0.151. The van der Waals surface area contributed by atoms with E-state index in [4.69, 9.17) is 4.74 Å². The highest BCUT2D eigenvalue weighted by Gasteiger charge is 2.24. The number of aliphatic hydroxyl groups is 2. The molecular formula is C54H97NO5. The fourth-order valence-corrected chi connectivity index (χ4v) is 7.48. The van der Waals surface area contributed by atoms with Crippen molar-refractivity contribution in [3.05, 3.63) is 60.8 Å². The summed E-state index contributed by atoms with van der Waals surface area (Å²) in [5.74, 6) is -0.538. The number of carbonyl (C=O) groups is 2. The first kappa shape index (κ1) is 57.6. The summed E-state index contributed by atoms with van der Waals surface area (Å²) < 4.78 is 5.90. The van der Waals surface area contributed by atoms with Gasteiger partial charge in [-0.2, -0.15) is 0 Å². The monoisotopic (exact) mass is 840 g/mol. The maximum atomic E-state index is 13.2. The van der Waals surface area contributed by atoms with Gasteiger partial charge in [0.05, 0.1) is 25.2 Å². The van der Waals surface area contributed by atoms with Crippen LogP contribution in [0.1, 0.15) is 245 Å². The number of carbonyl (C=O) groups excluding carboxylic acids is 2. The van der Waals surface area contributed by atoms with Crippen LogP contribution in [-0.2, 0) is 14.3 Å². The lowest BCUT2D eigenvalue weighted by Crippen LogP contribution is -2.46. The van der Waals surface area contributed by atoms with E-state index >= 15 is 0 Å². The molecule has 0 spiro atoms. The molecule has 0 aliphatic rings. The van der Waals surface area contributed by atoms with Gasteiger partial charge in [0.25, 0.3) is 0 Å². The summed E-state index contributed by atoms with van der Waals surface area (Å²) in [7, 11) is 0. The fraction of sp³-hybridized carbons (Fsp3) is 0.778. The summed E-state index contributed by atoms with van der Waals surface area (Å²) in [5, 5.41) is 23.6. The van der Waals surface area contributed by atoms with Gasteiger partial charge in [0.2, 0.25) is 5.91 Å². The highest BCUT2D eigenvalue weighted by molar-refractivity contribution is 5.77. The van der Waals surface area contributed by atoms with Crippen molar-refractivity contribution < 1.29 is 24.5 Å². The molecule has 6 nitrogen and oxygen atoms in total. The van der Waals surface area contributed by atoms with Gasteiger partial charge in [-0.15, -0.1) is 0 Å². The van der Waals surface area contributed by atoms with Crippen LogP contribution in [0.4, 0.5) is 0 Å². The lowest BCUT2D eigenvalue weighted by Gasteiger charge is -2.24. The zero-order chi connectivity index (χ0) is 43.8. The molecule has 1 amide bonds. The van der Waals surface area contributed by atoms with Crippen molar-refractivity contribution in [2.24, 2.45) is 0 Å². The minimum absolute atomic E-state index is 0.0356. The maximum Gasteiger partial charge on any atom is 0.306 e. The Balaban J connectivity index is 4.63. The number of unbranched alkanes of at least 4 members (excludes halogenated alkanes) is 23. The van der Waals surface area contributed by atoms with Gasteiger partial charge >= 0.3 is 5.97 Å². The topological polar surface area (TPSA) is 95.9 Å². The number of ether oxygens (including phenoxy) is 1. The first-order valence-electron chi connectivity index (χ1n) is 25.5. The molecule has 60 heavy (non-hydrogen) atoms. The van der Waals surface area contributed by atoms with E-state index in [0.29, 0.717) is 19.3 Å². The smallest absolute Gasteiger partial charge is 0.306 e. The van der Waals surface area contributed by atoms with Crippen LogP contribution >= 0.6 is 0 Å². The fourth-order valence-electron chi connectivity index (χ4n) is 7.48. The number of hydrogen-bond donors (Lipinski definition) is 3. The summed E-state index contributed by atoms with van der Waals surface area (Å²) >= 11 is 0. The van der Waals surface area contributed by atoms with Crippen LogP contribution < -0.4 is 5.32 Å². The molecule has 0 heterocycles. The Morgan fingerprint density at radius 2 is 0.917 bits per heavy atom. The van der Waals surface area contributed by atoms with Crippen LogP contribution in [-0.4, -0.2) is 46.9 Å². The standard InChI is InChI=1S/C54H97NO5/c1-4-7-10-13-16-19-21-23-25-26-27-28-30-32-35-38-41-44-47-54(59)60-50(45-42-39-36-34-31-29-24-22-20-17-14-11-8-5-2)48-53(58)55-51(49-56)52(57)46-43-40-37-33-18-15-12-9-6-3/h8,11,17,20,24,27-29,34,36,50-52,56-57H,4-7,9-10,12-16,18-19,21-23,25-26,30-33,35,37-49H2,1-3H3,(H,55,58)/b11-8+,20-17+,28-27+,29-24+,36-34+. The molecule has 0 aromatic heterocycles. The summed E-state index contributed by atoms with van der Waals surface area (Å²) in [4.78, 5) is 26.1. The molecule has 0 aliphatic carbocycles. The van der Waals surface area contributed by atoms with E-state index in [2.05, 4.69) is 86.8 Å². The predicted octanol–water partition coefficient (Wildman–Crippen LogP) is 15.2. The second kappa shape index (κ2) is 47.6. The van der Waals surface area contributed by atoms with Gasteiger partial charge in [0, 0.05) is 6.42 Å². The van der Waals surface area contributed by atoms with Gasteiger partial charge in [-0.1, -0.05) is 210 Å². The summed E-state index contributed by atoms with van der Waals surface area (Å²) in [6.07, 6.45) is 58.6. The molecule has 3 N–H and O–H groups in total. The molecule has 0 aromatic rings. The van der Waals surface area contributed by atoms with Gasteiger partial charge in [-0.25, -0.2) is 0 Å². The normalized spacial score (nSPS) is 13.8. The Morgan fingerprint density at radius 3 is 1.42 bits per heavy atom. The second-order valence-electron chi connectivity index (χ2n) is 17.2. The van der Waals surface area contributed by atoms with E-state index in [9.17, 15) is 19.8 Å². The van der Waals surface area contributed by atoms with Crippen LogP contribution in [0.2, 0.25) is 0 Å². The number of hydrogen-bond acceptors (Lipinski definition) is 5. The third kappa shape index (κ3) is 42.3. The van der Waals surface area contributed by atoms with E-state index < -0.39 is 18.2 Å². The first-order chi connectivity index (χ1) is 29.5. The minimum atomic E-state index is -0.803. The first-order valence-corrected chi connectivity index (χ1v) is 25.5. The molecule has 3 atom stereocenters. The molecule has 0 radical (unpaired) electrons. The number of aliphatic hydroxyl groups excluding tert-OH is 2. The van der Waals surface area contributed by atoms with Crippen molar-refractivity contribution in [1.82, 2.24) is 5.32 Å². The average Bonchev–Trinajstić information content (AvgIpc) is 3.24. The second-order valence-corrected chi connectivity index (χ2v) is 17.2. The van der Waals surface area contributed by atoms with Crippen LogP contribution in [0.5, 0.6) is 0 Å². The van der Waals surface area contributed by atoms with Crippen molar-refractivity contribution in [2.75, 3.05) is 6.61 Å². The molecule has 0 fully saturated rings. The van der Waals surface area contributed by atoms with Crippen LogP contribution in [0.25, 0.3) is 0 Å². The third-order valence-electron chi connectivity index (χ3n) is 11.3. The van der Waals surface area contributed by atoms with E-state index in [1.807, 2.05) is 0 Å². The molecule has 0 rings (SSSR count). The molecule has 0 aliphatic heterocycles. The Hall–Kier alpha value is -2.44. The predicted molar refractivity (Wildman–Crippen MR) is 259 cm³/mol. The average molecular weight is 840 g/mol. The molecule has 0 saturated carbocycles. The zero-order valence-electron chi connectivity index (χ0n) is 39.6. The van der Waals surface area contributed by atoms with E-state index in [1.54, 1.807) is 0 Å².